The number of carbonyl (C=O) groups excluding carboxylic acids is 2. The Labute approximate surface area is 178 Å². The van der Waals surface area contributed by atoms with Gasteiger partial charge in [-0.25, -0.2) is 4.39 Å². The highest BCUT2D eigenvalue weighted by molar-refractivity contribution is 8.01. The van der Waals surface area contributed by atoms with Gasteiger partial charge >= 0.3 is 0 Å². The Kier molecular flexibility index (Phi) is 7.75. The van der Waals surface area contributed by atoms with E-state index in [9.17, 15) is 14.0 Å². The number of rotatable bonds is 7. The minimum absolute atomic E-state index is 0.0964. The predicted octanol–water partition coefficient (Wildman–Crippen LogP) is 5.24. The molecule has 1 unspecified atom stereocenters. The van der Waals surface area contributed by atoms with Crippen molar-refractivity contribution >= 4 is 52.5 Å². The van der Waals surface area contributed by atoms with Crippen LogP contribution in [0, 0.1) is 5.82 Å². The van der Waals surface area contributed by atoms with E-state index in [-0.39, 0.29) is 23.4 Å². The molecule has 2 aromatic carbocycles. The van der Waals surface area contributed by atoms with Crippen LogP contribution in [0.4, 0.5) is 10.1 Å². The maximum atomic E-state index is 12.9. The van der Waals surface area contributed by atoms with Crippen molar-refractivity contribution in [3.05, 3.63) is 63.9 Å². The van der Waals surface area contributed by atoms with Gasteiger partial charge in [0.1, 0.15) is 5.82 Å². The molecule has 0 saturated carbocycles. The van der Waals surface area contributed by atoms with Gasteiger partial charge in [0, 0.05) is 5.69 Å². The summed E-state index contributed by atoms with van der Waals surface area (Å²) in [7, 11) is 0. The summed E-state index contributed by atoms with van der Waals surface area (Å²) in [5.74, 6) is -0.739. The van der Waals surface area contributed by atoms with E-state index in [0.717, 1.165) is 5.56 Å². The van der Waals surface area contributed by atoms with Gasteiger partial charge in [-0.05, 0) is 62.7 Å². The van der Waals surface area contributed by atoms with E-state index >= 15 is 0 Å². The van der Waals surface area contributed by atoms with Crippen LogP contribution < -0.4 is 10.6 Å². The zero-order valence-corrected chi connectivity index (χ0v) is 18.0. The molecule has 1 atom stereocenters. The normalized spacial score (nSPS) is 12.4. The number of hydrogen-bond acceptors (Lipinski definition) is 3. The molecular formula is C20H21Cl2FN2O2S. The molecule has 0 radical (unpaired) electrons. The van der Waals surface area contributed by atoms with Gasteiger partial charge in [-0.2, -0.15) is 0 Å². The van der Waals surface area contributed by atoms with Crippen molar-refractivity contribution in [2.75, 3.05) is 11.1 Å². The Balaban J connectivity index is 1.88. The van der Waals surface area contributed by atoms with Crippen LogP contribution in [0.3, 0.4) is 0 Å². The van der Waals surface area contributed by atoms with Crippen LogP contribution in [0.1, 0.15) is 26.3 Å². The number of hydrogen-bond donors (Lipinski definition) is 2. The first-order chi connectivity index (χ1) is 13.1. The van der Waals surface area contributed by atoms with Gasteiger partial charge < -0.3 is 10.6 Å². The summed E-state index contributed by atoms with van der Waals surface area (Å²) < 4.78 is 12.9. The quantitative estimate of drug-likeness (QED) is 0.615. The molecule has 2 N–H and O–H groups in total. The average molecular weight is 443 g/mol. The Morgan fingerprint density at radius 3 is 2.36 bits per heavy atom. The summed E-state index contributed by atoms with van der Waals surface area (Å²) >= 11 is 13.2. The average Bonchev–Trinajstić information content (AvgIpc) is 2.63. The molecule has 2 rings (SSSR count). The van der Waals surface area contributed by atoms with Crippen LogP contribution in [0.15, 0.2) is 42.5 Å². The summed E-state index contributed by atoms with van der Waals surface area (Å²) in [4.78, 5) is 24.5. The topological polar surface area (TPSA) is 58.2 Å². The lowest BCUT2D eigenvalue weighted by molar-refractivity contribution is -0.122. The standard InChI is InChI=1S/C20H21Cl2FN2O2S/c1-12(28-11-18(26)24-15-7-5-14(23)6-8-15)19(27)25-20(2,3)13-4-9-16(21)17(22)10-13/h4-10,12H,11H2,1-3H3,(H,24,26)(H,25,27). The fourth-order valence-corrected chi connectivity index (χ4v) is 3.36. The van der Waals surface area contributed by atoms with E-state index in [1.54, 1.807) is 19.1 Å². The summed E-state index contributed by atoms with van der Waals surface area (Å²) in [6, 6.07) is 10.7. The summed E-state index contributed by atoms with van der Waals surface area (Å²) in [5.41, 5.74) is 0.669. The Morgan fingerprint density at radius 2 is 1.75 bits per heavy atom. The Bertz CT molecular complexity index is 860. The maximum absolute atomic E-state index is 12.9. The fraction of sp³-hybridized carbons (Fsp3) is 0.300. The first-order valence-corrected chi connectivity index (χ1v) is 10.3. The molecule has 0 bridgehead atoms. The molecule has 28 heavy (non-hydrogen) atoms. The van der Waals surface area contributed by atoms with Gasteiger partial charge in [-0.1, -0.05) is 29.3 Å². The van der Waals surface area contributed by atoms with Gasteiger partial charge in [0.15, 0.2) is 0 Å². The second kappa shape index (κ2) is 9.63. The molecule has 2 amide bonds. The first kappa shape index (κ1) is 22.5. The van der Waals surface area contributed by atoms with Crippen LogP contribution in [-0.4, -0.2) is 22.8 Å². The number of benzene rings is 2. The number of halogens is 3. The molecule has 0 aromatic heterocycles. The molecule has 0 spiro atoms. The molecule has 150 valence electrons. The monoisotopic (exact) mass is 442 g/mol. The molecule has 0 aliphatic rings. The zero-order valence-electron chi connectivity index (χ0n) is 15.7. The predicted molar refractivity (Wildman–Crippen MR) is 115 cm³/mol. The van der Waals surface area contributed by atoms with Crippen LogP contribution in [0.25, 0.3) is 0 Å². The largest absolute Gasteiger partial charge is 0.346 e. The minimum atomic E-state index is -0.656. The number of anilines is 1. The fourth-order valence-electron chi connectivity index (χ4n) is 2.37. The number of amides is 2. The van der Waals surface area contributed by atoms with Crippen molar-refractivity contribution in [3.63, 3.8) is 0 Å². The number of carbonyl (C=O) groups is 2. The maximum Gasteiger partial charge on any atom is 0.234 e. The third kappa shape index (κ3) is 6.40. The van der Waals surface area contributed by atoms with E-state index in [1.165, 1.54) is 36.0 Å². The number of nitrogens with one attached hydrogen (secondary N) is 2. The molecule has 0 saturated heterocycles. The van der Waals surface area contributed by atoms with Gasteiger partial charge in [-0.3, -0.25) is 9.59 Å². The summed E-state index contributed by atoms with van der Waals surface area (Å²) in [6.07, 6.45) is 0. The zero-order chi connectivity index (χ0) is 20.9. The molecule has 0 aliphatic heterocycles. The van der Waals surface area contributed by atoms with E-state index in [0.29, 0.717) is 15.7 Å². The van der Waals surface area contributed by atoms with Crippen LogP contribution in [-0.2, 0) is 15.1 Å². The lowest BCUT2D eigenvalue weighted by Gasteiger charge is -2.28. The summed E-state index contributed by atoms with van der Waals surface area (Å²) in [6.45, 7) is 5.46. The van der Waals surface area contributed by atoms with Crippen LogP contribution in [0.2, 0.25) is 10.0 Å². The molecule has 0 fully saturated rings. The van der Waals surface area contributed by atoms with E-state index < -0.39 is 10.8 Å². The Morgan fingerprint density at radius 1 is 1.11 bits per heavy atom. The first-order valence-electron chi connectivity index (χ1n) is 8.53. The van der Waals surface area contributed by atoms with E-state index in [4.69, 9.17) is 23.2 Å². The SMILES string of the molecule is CC(SCC(=O)Nc1ccc(F)cc1)C(=O)NC(C)(C)c1ccc(Cl)c(Cl)c1. The van der Waals surface area contributed by atoms with Crippen molar-refractivity contribution in [1.82, 2.24) is 5.32 Å². The lowest BCUT2D eigenvalue weighted by atomic mass is 9.94. The molecule has 4 nitrogen and oxygen atoms in total. The van der Waals surface area contributed by atoms with Crippen molar-refractivity contribution in [3.8, 4) is 0 Å². The third-order valence-corrected chi connectivity index (χ3v) is 5.92. The Hall–Kier alpha value is -1.76. The van der Waals surface area contributed by atoms with E-state index in [2.05, 4.69) is 10.6 Å². The minimum Gasteiger partial charge on any atom is -0.346 e. The smallest absolute Gasteiger partial charge is 0.234 e. The van der Waals surface area contributed by atoms with Crippen molar-refractivity contribution in [2.45, 2.75) is 31.6 Å². The highest BCUT2D eigenvalue weighted by Crippen LogP contribution is 2.29. The second-order valence-electron chi connectivity index (χ2n) is 6.75. The van der Waals surface area contributed by atoms with Crippen molar-refractivity contribution < 1.29 is 14.0 Å². The molecule has 0 aliphatic carbocycles. The molecular weight excluding hydrogens is 422 g/mol. The highest BCUT2D eigenvalue weighted by Gasteiger charge is 2.26. The van der Waals surface area contributed by atoms with Gasteiger partial charge in [-0.15, -0.1) is 11.8 Å². The van der Waals surface area contributed by atoms with Gasteiger partial charge in [0.25, 0.3) is 0 Å². The van der Waals surface area contributed by atoms with Crippen molar-refractivity contribution in [2.24, 2.45) is 0 Å². The van der Waals surface area contributed by atoms with E-state index in [1.807, 2.05) is 19.9 Å². The molecule has 2 aromatic rings. The summed E-state index contributed by atoms with van der Waals surface area (Å²) in [5, 5.41) is 6.05. The molecule has 8 heteroatoms. The molecule has 0 heterocycles. The highest BCUT2D eigenvalue weighted by atomic mass is 35.5. The van der Waals surface area contributed by atoms with Gasteiger partial charge in [0.2, 0.25) is 11.8 Å². The number of thioether (sulfide) groups is 1. The van der Waals surface area contributed by atoms with Crippen molar-refractivity contribution in [1.29, 1.82) is 0 Å². The van der Waals surface area contributed by atoms with Gasteiger partial charge in [0.05, 0.1) is 26.6 Å². The van der Waals surface area contributed by atoms with Crippen LogP contribution in [0.5, 0.6) is 0 Å². The third-order valence-electron chi connectivity index (χ3n) is 4.04. The lowest BCUT2D eigenvalue weighted by Crippen LogP contribution is -2.44. The van der Waals surface area contributed by atoms with Crippen LogP contribution >= 0.6 is 35.0 Å². The second-order valence-corrected chi connectivity index (χ2v) is 8.89.